The largest absolute Gasteiger partial charge is 0.396 e. The second-order valence-electron chi connectivity index (χ2n) is 4.43. The molecule has 0 saturated heterocycles. The minimum Gasteiger partial charge on any atom is -0.396 e. The fraction of sp³-hybridized carbons (Fsp3) is 0.154. The molecule has 0 aliphatic heterocycles. The van der Waals surface area contributed by atoms with Gasteiger partial charge in [0.2, 0.25) is 10.0 Å². The van der Waals surface area contributed by atoms with Crippen molar-refractivity contribution in [3.05, 3.63) is 52.6 Å². The first-order valence-electron chi connectivity index (χ1n) is 5.95. The van der Waals surface area contributed by atoms with Crippen molar-refractivity contribution in [3.63, 3.8) is 0 Å². The molecule has 8 heteroatoms. The Kier molecular flexibility index (Phi) is 4.46. The van der Waals surface area contributed by atoms with Crippen LogP contribution in [-0.2, 0) is 16.6 Å². The number of pyridine rings is 1. The molecular weight excluding hydrogens is 317 g/mol. The number of nitrogen functional groups attached to an aromatic ring is 1. The first-order chi connectivity index (χ1) is 9.81. The van der Waals surface area contributed by atoms with Gasteiger partial charge in [-0.1, -0.05) is 11.6 Å². The Morgan fingerprint density at radius 1 is 1.43 bits per heavy atom. The van der Waals surface area contributed by atoms with Gasteiger partial charge in [-0.15, -0.1) is 0 Å². The standard InChI is InChI=1S/C13H13ClFN3O2S/c1-8-6-17-3-2-9(8)7-18-21(19,20)12-5-10(14)4-11(16)13(12)15/h2-6,18H,7,16H2,1H3. The Morgan fingerprint density at radius 2 is 2.14 bits per heavy atom. The van der Waals surface area contributed by atoms with Gasteiger partial charge in [0.1, 0.15) is 4.90 Å². The maximum absolute atomic E-state index is 13.9. The average molecular weight is 330 g/mol. The Balaban J connectivity index is 2.30. The van der Waals surface area contributed by atoms with Crippen molar-refractivity contribution in [2.75, 3.05) is 5.73 Å². The van der Waals surface area contributed by atoms with E-state index in [9.17, 15) is 12.8 Å². The summed E-state index contributed by atoms with van der Waals surface area (Å²) in [6.07, 6.45) is 3.16. The third kappa shape index (κ3) is 3.49. The van der Waals surface area contributed by atoms with Crippen LogP contribution in [0.3, 0.4) is 0 Å². The molecule has 0 aliphatic rings. The Labute approximate surface area is 127 Å². The Bertz CT molecular complexity index is 781. The van der Waals surface area contributed by atoms with E-state index in [1.54, 1.807) is 25.4 Å². The van der Waals surface area contributed by atoms with E-state index >= 15 is 0 Å². The molecule has 21 heavy (non-hydrogen) atoms. The molecule has 0 saturated carbocycles. The summed E-state index contributed by atoms with van der Waals surface area (Å²) in [7, 11) is -4.06. The van der Waals surface area contributed by atoms with Crippen LogP contribution in [0.5, 0.6) is 0 Å². The van der Waals surface area contributed by atoms with Gasteiger partial charge in [0.25, 0.3) is 0 Å². The van der Waals surface area contributed by atoms with Crippen LogP contribution >= 0.6 is 11.6 Å². The van der Waals surface area contributed by atoms with Gasteiger partial charge < -0.3 is 5.73 Å². The first-order valence-corrected chi connectivity index (χ1v) is 7.81. The third-order valence-corrected chi connectivity index (χ3v) is 4.53. The highest BCUT2D eigenvalue weighted by molar-refractivity contribution is 7.89. The maximum Gasteiger partial charge on any atom is 0.243 e. The van der Waals surface area contributed by atoms with E-state index in [0.29, 0.717) is 0 Å². The highest BCUT2D eigenvalue weighted by Crippen LogP contribution is 2.25. The number of halogens is 2. The zero-order valence-electron chi connectivity index (χ0n) is 11.1. The quantitative estimate of drug-likeness (QED) is 0.842. The van der Waals surface area contributed by atoms with Crippen molar-refractivity contribution in [3.8, 4) is 0 Å². The van der Waals surface area contributed by atoms with Gasteiger partial charge in [-0.05, 0) is 36.2 Å². The van der Waals surface area contributed by atoms with Crippen molar-refractivity contribution in [2.45, 2.75) is 18.4 Å². The lowest BCUT2D eigenvalue weighted by Gasteiger charge is -2.10. The van der Waals surface area contributed by atoms with E-state index in [0.717, 1.165) is 23.3 Å². The molecule has 1 aromatic heterocycles. The molecule has 0 atom stereocenters. The number of nitrogens with one attached hydrogen (secondary N) is 1. The van der Waals surface area contributed by atoms with Gasteiger partial charge in [-0.2, -0.15) is 0 Å². The normalized spacial score (nSPS) is 11.6. The van der Waals surface area contributed by atoms with E-state index in [1.807, 2.05) is 0 Å². The Hall–Kier alpha value is -1.70. The zero-order chi connectivity index (χ0) is 15.6. The van der Waals surface area contributed by atoms with Crippen LogP contribution in [0.25, 0.3) is 0 Å². The molecule has 0 unspecified atom stereocenters. The summed E-state index contributed by atoms with van der Waals surface area (Å²) >= 11 is 5.72. The number of aromatic nitrogens is 1. The summed E-state index contributed by atoms with van der Waals surface area (Å²) in [5.74, 6) is -1.02. The highest BCUT2D eigenvalue weighted by atomic mass is 35.5. The van der Waals surface area contributed by atoms with Crippen LogP contribution in [0.4, 0.5) is 10.1 Å². The lowest BCUT2D eigenvalue weighted by atomic mass is 10.2. The van der Waals surface area contributed by atoms with Crippen LogP contribution in [-0.4, -0.2) is 13.4 Å². The van der Waals surface area contributed by atoms with Gasteiger partial charge >= 0.3 is 0 Å². The van der Waals surface area contributed by atoms with Gasteiger partial charge in [-0.3, -0.25) is 4.98 Å². The molecule has 0 amide bonds. The van der Waals surface area contributed by atoms with E-state index in [1.165, 1.54) is 0 Å². The molecule has 0 aliphatic carbocycles. The molecule has 0 bridgehead atoms. The van der Waals surface area contributed by atoms with Crippen molar-refractivity contribution < 1.29 is 12.8 Å². The molecular formula is C13H13ClFN3O2S. The second kappa shape index (κ2) is 5.97. The Morgan fingerprint density at radius 3 is 2.81 bits per heavy atom. The van der Waals surface area contributed by atoms with Crippen molar-refractivity contribution >= 4 is 27.3 Å². The number of hydrogen-bond acceptors (Lipinski definition) is 4. The molecule has 0 spiro atoms. The molecule has 2 aromatic rings. The fourth-order valence-electron chi connectivity index (χ4n) is 1.73. The summed E-state index contributed by atoms with van der Waals surface area (Å²) in [5, 5.41) is 0.0503. The van der Waals surface area contributed by atoms with Gasteiger partial charge in [0.15, 0.2) is 5.82 Å². The molecule has 1 aromatic carbocycles. The van der Waals surface area contributed by atoms with E-state index < -0.39 is 20.7 Å². The lowest BCUT2D eigenvalue weighted by Crippen LogP contribution is -2.25. The minimum absolute atomic E-state index is 0.0164. The van der Waals surface area contributed by atoms with Crippen LogP contribution in [0.15, 0.2) is 35.5 Å². The van der Waals surface area contributed by atoms with Crippen LogP contribution in [0.1, 0.15) is 11.1 Å². The third-order valence-electron chi connectivity index (χ3n) is 2.91. The minimum atomic E-state index is -4.06. The number of anilines is 1. The predicted molar refractivity (Wildman–Crippen MR) is 78.8 cm³/mol. The van der Waals surface area contributed by atoms with Crippen LogP contribution in [0.2, 0.25) is 5.02 Å². The fourth-order valence-corrected chi connectivity index (χ4v) is 3.16. The molecule has 0 fully saturated rings. The molecule has 5 nitrogen and oxygen atoms in total. The number of hydrogen-bond donors (Lipinski definition) is 2. The van der Waals surface area contributed by atoms with Crippen molar-refractivity contribution in [1.29, 1.82) is 0 Å². The van der Waals surface area contributed by atoms with Gasteiger partial charge in [0, 0.05) is 24.0 Å². The van der Waals surface area contributed by atoms with Crippen molar-refractivity contribution in [2.24, 2.45) is 0 Å². The first kappa shape index (κ1) is 15.7. The van der Waals surface area contributed by atoms with E-state index in [4.69, 9.17) is 17.3 Å². The smallest absolute Gasteiger partial charge is 0.243 e. The van der Waals surface area contributed by atoms with Gasteiger partial charge in [-0.25, -0.2) is 17.5 Å². The van der Waals surface area contributed by atoms with Crippen LogP contribution in [0, 0.1) is 12.7 Å². The molecule has 2 rings (SSSR count). The van der Waals surface area contributed by atoms with E-state index in [-0.39, 0.29) is 17.3 Å². The maximum atomic E-state index is 13.9. The number of aryl methyl sites for hydroxylation is 1. The summed E-state index contributed by atoms with van der Waals surface area (Å²) in [5.41, 5.74) is 6.64. The van der Waals surface area contributed by atoms with Gasteiger partial charge in [0.05, 0.1) is 5.69 Å². The van der Waals surface area contributed by atoms with Crippen LogP contribution < -0.4 is 10.5 Å². The van der Waals surface area contributed by atoms with E-state index in [2.05, 4.69) is 9.71 Å². The predicted octanol–water partition coefficient (Wildman–Crippen LogP) is 2.24. The summed E-state index contributed by atoms with van der Waals surface area (Å²) in [6.45, 7) is 1.82. The topological polar surface area (TPSA) is 85.1 Å². The number of benzene rings is 1. The molecule has 112 valence electrons. The second-order valence-corrected chi connectivity index (χ2v) is 6.61. The zero-order valence-corrected chi connectivity index (χ0v) is 12.7. The number of sulfonamides is 1. The van der Waals surface area contributed by atoms with Crippen molar-refractivity contribution in [1.82, 2.24) is 9.71 Å². The SMILES string of the molecule is Cc1cnccc1CNS(=O)(=O)c1cc(Cl)cc(N)c1F. The molecule has 1 heterocycles. The number of nitrogens with zero attached hydrogens (tertiary/aromatic N) is 1. The summed E-state index contributed by atoms with van der Waals surface area (Å²) < 4.78 is 40.5. The number of rotatable bonds is 4. The highest BCUT2D eigenvalue weighted by Gasteiger charge is 2.21. The summed E-state index contributed by atoms with van der Waals surface area (Å²) in [6, 6.07) is 3.86. The summed E-state index contributed by atoms with van der Waals surface area (Å²) in [4.78, 5) is 3.34. The molecule has 3 N–H and O–H groups in total. The monoisotopic (exact) mass is 329 g/mol. The average Bonchev–Trinajstić information content (AvgIpc) is 2.42. The molecule has 0 radical (unpaired) electrons. The number of nitrogens with two attached hydrogens (primary N) is 1. The lowest BCUT2D eigenvalue weighted by molar-refractivity contribution is 0.558.